The van der Waals surface area contributed by atoms with E-state index in [-0.39, 0.29) is 5.41 Å². The van der Waals surface area contributed by atoms with E-state index in [2.05, 4.69) is 100.0 Å². The number of nitrogens with zero attached hydrogens (tertiary/aromatic N) is 1. The Morgan fingerprint density at radius 2 is 1.09 bits per heavy atom. The smallest absolute Gasteiger partial charge is 0.0765 e. The highest BCUT2D eigenvalue weighted by Gasteiger charge is 2.43. The van der Waals surface area contributed by atoms with Gasteiger partial charge in [0.2, 0.25) is 0 Å². The number of allylic oxidation sites excluding steroid dienone is 1. The van der Waals surface area contributed by atoms with Gasteiger partial charge in [0.05, 0.1) is 22.5 Å². The van der Waals surface area contributed by atoms with Crippen LogP contribution < -0.4 is 16.0 Å². The summed E-state index contributed by atoms with van der Waals surface area (Å²) in [6.07, 6.45) is 17.1. The maximum absolute atomic E-state index is 5.09. The summed E-state index contributed by atoms with van der Waals surface area (Å²) in [4.78, 5) is 16.8. The predicted molar refractivity (Wildman–Crippen MR) is 182 cm³/mol. The Balaban J connectivity index is 1.80. The fourth-order valence-corrected chi connectivity index (χ4v) is 8.21. The fourth-order valence-electron chi connectivity index (χ4n) is 8.21. The van der Waals surface area contributed by atoms with Crippen molar-refractivity contribution < 1.29 is 0 Å². The van der Waals surface area contributed by atoms with Gasteiger partial charge in [0.25, 0.3) is 0 Å². The molecule has 226 valence electrons. The van der Waals surface area contributed by atoms with Crippen molar-refractivity contribution in [2.75, 3.05) is 5.32 Å². The second-order valence-electron chi connectivity index (χ2n) is 12.2. The molecule has 0 unspecified atom stereocenters. The molecule has 2 aliphatic heterocycles. The zero-order chi connectivity index (χ0) is 30.5. The first kappa shape index (κ1) is 29.3. The molecule has 0 spiro atoms. The SMILES string of the molecule is CCc1c2[nH]c(c1CC)C=c1[nH]c(c(CC)c1CC)=Cc1[nH]c(c(CC)c1CC)-c1ccnc3c1NC(=C2)C3(CC)CC. The largest absolute Gasteiger partial charge is 0.356 e. The molecule has 2 aliphatic rings. The lowest BCUT2D eigenvalue weighted by molar-refractivity contribution is 0.476. The summed E-state index contributed by atoms with van der Waals surface area (Å²) >= 11 is 0. The number of anilines is 1. The van der Waals surface area contributed by atoms with E-state index in [1.165, 1.54) is 83.8 Å². The fraction of sp³-hybridized carbons (Fsp3) is 0.447. The molecule has 0 radical (unpaired) electrons. The average Bonchev–Trinajstić information content (AvgIpc) is 3.74. The van der Waals surface area contributed by atoms with Crippen LogP contribution in [0.3, 0.4) is 0 Å². The van der Waals surface area contributed by atoms with E-state index < -0.39 is 0 Å². The first-order valence-corrected chi connectivity index (χ1v) is 16.8. The van der Waals surface area contributed by atoms with Crippen LogP contribution in [0.4, 0.5) is 5.69 Å². The summed E-state index contributed by atoms with van der Waals surface area (Å²) in [5, 5.41) is 6.42. The van der Waals surface area contributed by atoms with Gasteiger partial charge in [0.1, 0.15) is 0 Å². The zero-order valence-electron chi connectivity index (χ0n) is 27.5. The van der Waals surface area contributed by atoms with Gasteiger partial charge in [0, 0.05) is 45.2 Å². The van der Waals surface area contributed by atoms with E-state index in [1.54, 1.807) is 0 Å². The Kier molecular flexibility index (Phi) is 7.78. The number of fused-ring (bicyclic) bond motifs is 8. The van der Waals surface area contributed by atoms with E-state index in [1.807, 2.05) is 6.20 Å². The third kappa shape index (κ3) is 4.29. The molecule has 5 heteroatoms. The first-order chi connectivity index (χ1) is 20.9. The van der Waals surface area contributed by atoms with Crippen molar-refractivity contribution in [2.45, 2.75) is 112 Å². The van der Waals surface area contributed by atoms with Gasteiger partial charge in [-0.05, 0) is 109 Å². The van der Waals surface area contributed by atoms with Crippen LogP contribution >= 0.6 is 0 Å². The van der Waals surface area contributed by atoms with Crippen molar-refractivity contribution in [1.29, 1.82) is 0 Å². The van der Waals surface area contributed by atoms with Crippen LogP contribution in [0.5, 0.6) is 0 Å². The van der Waals surface area contributed by atoms with E-state index in [0.29, 0.717) is 0 Å². The van der Waals surface area contributed by atoms with Crippen LogP contribution in [-0.2, 0) is 43.9 Å². The molecule has 6 heterocycles. The van der Waals surface area contributed by atoms with Crippen molar-refractivity contribution in [1.82, 2.24) is 19.9 Å². The number of H-pyrrole nitrogens is 3. The molecule has 8 bridgehead atoms. The third-order valence-corrected chi connectivity index (χ3v) is 10.5. The lowest BCUT2D eigenvalue weighted by atomic mass is 9.77. The molecule has 4 aromatic rings. The average molecular weight is 576 g/mol. The summed E-state index contributed by atoms with van der Waals surface area (Å²) in [7, 11) is 0. The topological polar surface area (TPSA) is 72.3 Å². The predicted octanol–water partition coefficient (Wildman–Crippen LogP) is 7.60. The standard InChI is InChI=1S/C38H49N5/c1-9-22-23(10-2)31-20-32-26(13-5)27(14-6)35(42-32)28-17-18-39-37-36(28)43-34(38(37,15-7)16-8)21-33-25(12-4)24(11-3)30(41-33)19-29(22)40-31/h17-21,40-43H,9-16H2,1-8H3. The first-order valence-electron chi connectivity index (χ1n) is 16.8. The maximum Gasteiger partial charge on any atom is 0.0765 e. The Morgan fingerprint density at radius 1 is 0.581 bits per heavy atom. The van der Waals surface area contributed by atoms with Crippen LogP contribution in [0.2, 0.25) is 0 Å². The van der Waals surface area contributed by atoms with Crippen molar-refractivity contribution in [3.63, 3.8) is 0 Å². The molecule has 0 amide bonds. The third-order valence-electron chi connectivity index (χ3n) is 10.5. The number of pyridine rings is 1. The van der Waals surface area contributed by atoms with Crippen molar-refractivity contribution in [3.8, 4) is 11.3 Å². The molecular formula is C38H49N5. The summed E-state index contributed by atoms with van der Waals surface area (Å²) < 4.78 is 0. The second kappa shape index (κ2) is 11.4. The quantitative estimate of drug-likeness (QED) is 0.175. The Labute approximate surface area is 257 Å². The Morgan fingerprint density at radius 3 is 1.63 bits per heavy atom. The van der Waals surface area contributed by atoms with Gasteiger partial charge >= 0.3 is 0 Å². The van der Waals surface area contributed by atoms with Crippen LogP contribution in [0.15, 0.2) is 18.0 Å². The number of aromatic amines is 3. The number of nitrogens with one attached hydrogen (secondary N) is 4. The van der Waals surface area contributed by atoms with Gasteiger partial charge in [-0.25, -0.2) is 0 Å². The normalized spacial score (nSPS) is 14.7. The molecule has 4 aromatic heterocycles. The van der Waals surface area contributed by atoms with Gasteiger partial charge in [-0.15, -0.1) is 0 Å². The molecule has 6 rings (SSSR count). The number of rotatable bonds is 8. The molecule has 0 aromatic carbocycles. The summed E-state index contributed by atoms with van der Waals surface area (Å²) in [5.74, 6) is 0. The molecule has 4 N–H and O–H groups in total. The molecule has 5 nitrogen and oxygen atoms in total. The summed E-state index contributed by atoms with van der Waals surface area (Å²) in [6, 6.07) is 2.20. The van der Waals surface area contributed by atoms with Gasteiger partial charge in [-0.2, -0.15) is 0 Å². The van der Waals surface area contributed by atoms with E-state index in [4.69, 9.17) is 4.98 Å². The highest BCUT2D eigenvalue weighted by molar-refractivity contribution is 5.88. The number of hydrogen-bond donors (Lipinski definition) is 4. The van der Waals surface area contributed by atoms with Crippen LogP contribution in [-0.4, -0.2) is 19.9 Å². The van der Waals surface area contributed by atoms with Crippen molar-refractivity contribution in [2.24, 2.45) is 0 Å². The van der Waals surface area contributed by atoms with Crippen LogP contribution in [0.1, 0.15) is 124 Å². The molecular weight excluding hydrogens is 526 g/mol. The summed E-state index contributed by atoms with van der Waals surface area (Å²) in [5.41, 5.74) is 18.0. The van der Waals surface area contributed by atoms with E-state index >= 15 is 0 Å². The maximum atomic E-state index is 5.09. The molecule has 0 saturated carbocycles. The van der Waals surface area contributed by atoms with Crippen LogP contribution in [0.25, 0.3) is 29.5 Å². The highest BCUT2D eigenvalue weighted by atomic mass is 15.0. The van der Waals surface area contributed by atoms with E-state index in [0.717, 1.165) is 57.1 Å². The monoisotopic (exact) mass is 575 g/mol. The zero-order valence-corrected chi connectivity index (χ0v) is 27.5. The minimum absolute atomic E-state index is 0.160. The molecule has 0 aliphatic carbocycles. The van der Waals surface area contributed by atoms with Crippen LogP contribution in [0, 0.1) is 0 Å². The van der Waals surface area contributed by atoms with Crippen molar-refractivity contribution in [3.05, 3.63) is 84.8 Å². The highest BCUT2D eigenvalue weighted by Crippen LogP contribution is 2.51. The minimum Gasteiger partial charge on any atom is -0.356 e. The molecule has 0 fully saturated rings. The minimum atomic E-state index is -0.160. The number of hydrogen-bond acceptors (Lipinski definition) is 2. The molecule has 0 saturated heterocycles. The molecule has 43 heavy (non-hydrogen) atoms. The lowest BCUT2D eigenvalue weighted by Crippen LogP contribution is -2.25. The van der Waals surface area contributed by atoms with E-state index in [9.17, 15) is 0 Å². The number of aromatic nitrogens is 4. The van der Waals surface area contributed by atoms with Gasteiger partial charge in [-0.1, -0.05) is 55.4 Å². The van der Waals surface area contributed by atoms with Gasteiger partial charge in [0.15, 0.2) is 0 Å². The Hall–Kier alpha value is -3.73. The Bertz CT molecular complexity index is 1830. The lowest BCUT2D eigenvalue weighted by Gasteiger charge is -2.27. The van der Waals surface area contributed by atoms with Crippen molar-refractivity contribution >= 4 is 23.9 Å². The van der Waals surface area contributed by atoms with Gasteiger partial charge in [-0.3, -0.25) is 4.98 Å². The second-order valence-corrected chi connectivity index (χ2v) is 12.2. The summed E-state index contributed by atoms with van der Waals surface area (Å²) in [6.45, 7) is 18.3. The molecule has 0 atom stereocenters. The van der Waals surface area contributed by atoms with Gasteiger partial charge < -0.3 is 20.3 Å².